The molecule has 0 saturated carbocycles. The molecular formula is C42H49N. The molecule has 0 aliphatic heterocycles. The molecule has 0 amide bonds. The molecule has 0 spiro atoms. The van der Waals surface area contributed by atoms with Crippen LogP contribution in [0.4, 0.5) is 0 Å². The molecule has 0 N–H and O–H groups in total. The Morgan fingerprint density at radius 3 is 2.16 bits per heavy atom. The summed E-state index contributed by atoms with van der Waals surface area (Å²) in [5.41, 5.74) is 11.4. The van der Waals surface area contributed by atoms with Crippen LogP contribution in [-0.4, -0.2) is 11.8 Å². The molecule has 0 bridgehead atoms. The van der Waals surface area contributed by atoms with Crippen LogP contribution in [0.2, 0.25) is 0 Å². The van der Waals surface area contributed by atoms with Crippen molar-refractivity contribution in [2.75, 3.05) is 0 Å². The Hall–Kier alpha value is -4.49. The highest BCUT2D eigenvalue weighted by atomic mass is 14.8. The molecule has 0 saturated heterocycles. The number of hydrogen-bond acceptors (Lipinski definition) is 1. The van der Waals surface area contributed by atoms with Gasteiger partial charge in [0.25, 0.3) is 0 Å². The van der Waals surface area contributed by atoms with Crippen molar-refractivity contribution in [2.24, 2.45) is 4.99 Å². The third-order valence-corrected chi connectivity index (χ3v) is 6.91. The van der Waals surface area contributed by atoms with E-state index in [2.05, 4.69) is 163 Å². The average Bonchev–Trinajstić information content (AvgIpc) is 3.00. The Balaban J connectivity index is 2.48. The molecule has 1 heteroatoms. The fourth-order valence-electron chi connectivity index (χ4n) is 4.64. The zero-order valence-electron chi connectivity index (χ0n) is 27.3. The Bertz CT molecular complexity index is 1520. The monoisotopic (exact) mass is 567 g/mol. The van der Waals surface area contributed by atoms with E-state index in [0.29, 0.717) is 0 Å². The van der Waals surface area contributed by atoms with Crippen LogP contribution >= 0.6 is 0 Å². The van der Waals surface area contributed by atoms with Crippen LogP contribution in [-0.2, 0) is 0 Å². The van der Waals surface area contributed by atoms with Gasteiger partial charge in [0.1, 0.15) is 0 Å². The number of allylic oxidation sites excluding steroid dienone is 17. The van der Waals surface area contributed by atoms with E-state index >= 15 is 0 Å². The molecule has 0 aliphatic rings. The van der Waals surface area contributed by atoms with Crippen molar-refractivity contribution in [1.29, 1.82) is 0 Å². The first-order chi connectivity index (χ1) is 20.7. The second kappa shape index (κ2) is 18.8. The van der Waals surface area contributed by atoms with Gasteiger partial charge in [0.15, 0.2) is 0 Å². The van der Waals surface area contributed by atoms with Gasteiger partial charge in [-0.1, -0.05) is 159 Å². The number of benzene rings is 2. The summed E-state index contributed by atoms with van der Waals surface area (Å²) >= 11 is 0. The lowest BCUT2D eigenvalue weighted by atomic mass is 9.94. The minimum atomic E-state index is -0.0253. The first-order valence-corrected chi connectivity index (χ1v) is 15.1. The van der Waals surface area contributed by atoms with Crippen molar-refractivity contribution in [1.82, 2.24) is 0 Å². The first-order valence-electron chi connectivity index (χ1n) is 15.1. The van der Waals surface area contributed by atoms with E-state index in [0.717, 1.165) is 40.0 Å². The Morgan fingerprint density at radius 2 is 1.51 bits per heavy atom. The lowest BCUT2D eigenvalue weighted by molar-refractivity contribution is 0.919. The summed E-state index contributed by atoms with van der Waals surface area (Å²) in [7, 11) is 0. The smallest absolute Gasteiger partial charge is 0.0664 e. The maximum Gasteiger partial charge on any atom is 0.0664 e. The number of aryl methyl sites for hydroxylation is 1. The maximum atomic E-state index is 5.12. The second-order valence-electron chi connectivity index (χ2n) is 10.6. The van der Waals surface area contributed by atoms with Gasteiger partial charge in [-0.05, 0) is 81.4 Å². The van der Waals surface area contributed by atoms with E-state index in [1.165, 1.54) is 22.3 Å². The first kappa shape index (κ1) is 34.7. The fourth-order valence-corrected chi connectivity index (χ4v) is 4.64. The van der Waals surface area contributed by atoms with Crippen LogP contribution in [0.25, 0.3) is 11.1 Å². The third kappa shape index (κ3) is 11.7. The van der Waals surface area contributed by atoms with Crippen LogP contribution in [0.1, 0.15) is 59.1 Å². The minimum Gasteiger partial charge on any atom is -0.282 e. The molecule has 1 atom stereocenters. The van der Waals surface area contributed by atoms with Crippen molar-refractivity contribution in [3.8, 4) is 11.1 Å². The van der Waals surface area contributed by atoms with Gasteiger partial charge in [-0.3, -0.25) is 4.99 Å². The molecule has 1 unspecified atom stereocenters. The summed E-state index contributed by atoms with van der Waals surface area (Å²) in [6.07, 6.45) is 28.2. The standard InChI is InChI=1S/C42H49N/c1-10-14-23-39(38(13-4)24-19-22-37(29-28-32(5)12-3)30-33(6)20-11-2)31-35(8)43-36(9)41-26-17-18-27-42(41)40-25-16-15-21-34(40)7/h11-31,35H,3-4,10H2,1-2,5-9H3/b20-11-,22-19-,23-14-,32-28+,33-30+,37-29-,38-24+,39-31+,43-36?. The molecule has 2 aromatic rings. The number of aliphatic imine (C=N–C) groups is 1. The van der Waals surface area contributed by atoms with Crippen molar-refractivity contribution < 1.29 is 0 Å². The maximum absolute atomic E-state index is 5.12. The van der Waals surface area contributed by atoms with E-state index < -0.39 is 0 Å². The summed E-state index contributed by atoms with van der Waals surface area (Å²) in [4.78, 5) is 5.12. The largest absolute Gasteiger partial charge is 0.282 e. The van der Waals surface area contributed by atoms with Crippen molar-refractivity contribution in [3.63, 3.8) is 0 Å². The van der Waals surface area contributed by atoms with E-state index in [4.69, 9.17) is 4.99 Å². The van der Waals surface area contributed by atoms with Crippen molar-refractivity contribution in [3.05, 3.63) is 180 Å². The SMILES string of the molecule is C=C/C(C)=C/C=C(/C=C\C=C(C=C)\C(\C=C/CC)=C\C(C)N=C(C)c1ccccc1-c1ccccc1C)\C=C(C)\C=C/C. The van der Waals surface area contributed by atoms with Gasteiger partial charge < -0.3 is 0 Å². The normalized spacial score (nSPS) is 15.1. The molecule has 43 heavy (non-hydrogen) atoms. The van der Waals surface area contributed by atoms with E-state index in [-0.39, 0.29) is 6.04 Å². The van der Waals surface area contributed by atoms with Gasteiger partial charge >= 0.3 is 0 Å². The second-order valence-corrected chi connectivity index (χ2v) is 10.6. The van der Waals surface area contributed by atoms with Gasteiger partial charge in [-0.2, -0.15) is 0 Å². The summed E-state index contributed by atoms with van der Waals surface area (Å²) in [5.74, 6) is 0. The molecule has 2 rings (SSSR count). The zero-order valence-corrected chi connectivity index (χ0v) is 27.3. The molecule has 0 radical (unpaired) electrons. The molecule has 1 nitrogen and oxygen atoms in total. The Kier molecular flexibility index (Phi) is 15.2. The van der Waals surface area contributed by atoms with Crippen LogP contribution in [0.15, 0.2) is 174 Å². The predicted molar refractivity (Wildman–Crippen MR) is 194 cm³/mol. The van der Waals surface area contributed by atoms with Gasteiger partial charge in [0.05, 0.1) is 6.04 Å². The van der Waals surface area contributed by atoms with Gasteiger partial charge in [0, 0.05) is 11.3 Å². The molecule has 2 aromatic carbocycles. The summed E-state index contributed by atoms with van der Waals surface area (Å²) in [5, 5.41) is 0. The molecular weight excluding hydrogens is 518 g/mol. The zero-order chi connectivity index (χ0) is 31.6. The van der Waals surface area contributed by atoms with Crippen LogP contribution in [0, 0.1) is 6.92 Å². The fraction of sp³-hybridized carbons (Fsp3) is 0.214. The van der Waals surface area contributed by atoms with Crippen molar-refractivity contribution >= 4 is 5.71 Å². The summed E-state index contributed by atoms with van der Waals surface area (Å²) in [6.45, 7) is 22.7. The van der Waals surface area contributed by atoms with Crippen LogP contribution in [0.5, 0.6) is 0 Å². The Morgan fingerprint density at radius 1 is 0.814 bits per heavy atom. The predicted octanol–water partition coefficient (Wildman–Crippen LogP) is 12.0. The average molecular weight is 568 g/mol. The molecule has 0 heterocycles. The quantitative estimate of drug-likeness (QED) is 0.159. The van der Waals surface area contributed by atoms with Crippen LogP contribution in [0.3, 0.4) is 0 Å². The summed E-state index contributed by atoms with van der Waals surface area (Å²) in [6, 6.07) is 17.0. The Labute approximate surface area is 261 Å². The molecule has 0 fully saturated rings. The van der Waals surface area contributed by atoms with Crippen molar-refractivity contribution in [2.45, 2.75) is 60.9 Å². The molecule has 0 aromatic heterocycles. The highest BCUT2D eigenvalue weighted by Gasteiger charge is 2.10. The van der Waals surface area contributed by atoms with E-state index in [9.17, 15) is 0 Å². The third-order valence-electron chi connectivity index (χ3n) is 6.91. The number of nitrogens with zero attached hydrogens (tertiary/aromatic N) is 1. The number of rotatable bonds is 14. The van der Waals surface area contributed by atoms with Gasteiger partial charge in [0.2, 0.25) is 0 Å². The molecule has 0 aliphatic carbocycles. The number of hydrogen-bond donors (Lipinski definition) is 0. The lowest BCUT2D eigenvalue weighted by Gasteiger charge is -2.13. The van der Waals surface area contributed by atoms with Crippen LogP contribution < -0.4 is 0 Å². The highest BCUT2D eigenvalue weighted by Crippen LogP contribution is 2.27. The topological polar surface area (TPSA) is 12.4 Å². The van der Waals surface area contributed by atoms with Gasteiger partial charge in [-0.15, -0.1) is 0 Å². The van der Waals surface area contributed by atoms with E-state index in [1.54, 1.807) is 0 Å². The lowest BCUT2D eigenvalue weighted by Crippen LogP contribution is -2.05. The molecule has 222 valence electrons. The minimum absolute atomic E-state index is 0.0253. The summed E-state index contributed by atoms with van der Waals surface area (Å²) < 4.78 is 0. The highest BCUT2D eigenvalue weighted by molar-refractivity contribution is 6.04. The van der Waals surface area contributed by atoms with E-state index in [1.807, 2.05) is 26.0 Å². The van der Waals surface area contributed by atoms with Gasteiger partial charge in [-0.25, -0.2) is 0 Å².